The van der Waals surface area contributed by atoms with Crippen LogP contribution in [0.3, 0.4) is 0 Å². The zero-order valence-corrected chi connectivity index (χ0v) is 11.6. The topological polar surface area (TPSA) is 28.2 Å². The van der Waals surface area contributed by atoms with Crippen LogP contribution in [0.1, 0.15) is 19.8 Å². The molecule has 1 saturated heterocycles. The maximum atomic E-state index is 6.21. The van der Waals surface area contributed by atoms with E-state index in [0.717, 1.165) is 24.8 Å². The average Bonchev–Trinajstić information content (AvgIpc) is 2.78. The fourth-order valence-corrected chi connectivity index (χ4v) is 2.78. The van der Waals surface area contributed by atoms with Gasteiger partial charge in [0, 0.05) is 20.1 Å². The van der Waals surface area contributed by atoms with Gasteiger partial charge in [0.05, 0.1) is 10.0 Å². The number of nitrogens with one attached hydrogen (secondary N) is 1. The van der Waals surface area contributed by atoms with Crippen LogP contribution in [0.2, 0.25) is 10.0 Å². The van der Waals surface area contributed by atoms with Gasteiger partial charge in [0.2, 0.25) is 0 Å². The highest BCUT2D eigenvalue weighted by atomic mass is 35.5. The van der Waals surface area contributed by atoms with Crippen molar-refractivity contribution in [3.63, 3.8) is 0 Å². The van der Waals surface area contributed by atoms with E-state index in [1.165, 1.54) is 12.8 Å². The first kappa shape index (κ1) is 12.8. The maximum absolute atomic E-state index is 6.21. The second-order valence-electron chi connectivity index (χ2n) is 4.38. The molecule has 1 fully saturated rings. The van der Waals surface area contributed by atoms with E-state index in [-0.39, 0.29) is 0 Å². The molecule has 1 atom stereocenters. The van der Waals surface area contributed by atoms with E-state index in [2.05, 4.69) is 22.1 Å². The Kier molecular flexibility index (Phi) is 4.00. The first-order valence-corrected chi connectivity index (χ1v) is 6.70. The van der Waals surface area contributed by atoms with Crippen LogP contribution in [0.15, 0.2) is 6.07 Å². The summed E-state index contributed by atoms with van der Waals surface area (Å²) in [7, 11) is 1.81. The zero-order chi connectivity index (χ0) is 12.4. The Balaban J connectivity index is 2.26. The van der Waals surface area contributed by atoms with Crippen LogP contribution in [-0.2, 0) is 0 Å². The smallest absolute Gasteiger partial charge is 0.149 e. The highest BCUT2D eigenvalue weighted by Gasteiger charge is 2.24. The summed E-state index contributed by atoms with van der Waals surface area (Å²) in [6, 6.07) is 1.76. The molecule has 5 heteroatoms. The molecule has 1 aromatic rings. The number of hydrogen-bond donors (Lipinski definition) is 1. The normalized spacial score (nSPS) is 19.8. The summed E-state index contributed by atoms with van der Waals surface area (Å²) in [6.07, 6.45) is 2.42. The van der Waals surface area contributed by atoms with Gasteiger partial charge in [-0.25, -0.2) is 4.98 Å². The number of hydrogen-bond acceptors (Lipinski definition) is 3. The molecule has 1 aromatic heterocycles. The maximum Gasteiger partial charge on any atom is 0.149 e. The van der Waals surface area contributed by atoms with E-state index in [9.17, 15) is 0 Å². The van der Waals surface area contributed by atoms with Crippen molar-refractivity contribution in [2.45, 2.75) is 19.8 Å². The molecule has 0 bridgehead atoms. The average molecular weight is 274 g/mol. The summed E-state index contributed by atoms with van der Waals surface area (Å²) in [5, 5.41) is 4.18. The number of rotatable bonds is 3. The highest BCUT2D eigenvalue weighted by molar-refractivity contribution is 6.37. The van der Waals surface area contributed by atoms with Gasteiger partial charge in [0.1, 0.15) is 11.6 Å². The number of anilines is 2. The minimum absolute atomic E-state index is 0.562. The van der Waals surface area contributed by atoms with E-state index >= 15 is 0 Å². The van der Waals surface area contributed by atoms with Gasteiger partial charge in [0.25, 0.3) is 0 Å². The Morgan fingerprint density at radius 2 is 2.24 bits per heavy atom. The van der Waals surface area contributed by atoms with Crippen molar-refractivity contribution in [2.24, 2.45) is 5.92 Å². The Morgan fingerprint density at radius 3 is 2.82 bits per heavy atom. The van der Waals surface area contributed by atoms with Gasteiger partial charge in [-0.15, -0.1) is 0 Å². The van der Waals surface area contributed by atoms with Crippen LogP contribution in [-0.4, -0.2) is 25.1 Å². The molecule has 3 nitrogen and oxygen atoms in total. The number of pyridine rings is 1. The molecule has 1 aliphatic heterocycles. The van der Waals surface area contributed by atoms with Crippen molar-refractivity contribution in [3.05, 3.63) is 16.1 Å². The molecule has 0 aliphatic carbocycles. The predicted molar refractivity (Wildman–Crippen MR) is 74.4 cm³/mol. The summed E-state index contributed by atoms with van der Waals surface area (Å²) in [6.45, 7) is 4.29. The summed E-state index contributed by atoms with van der Waals surface area (Å²) in [5.74, 6) is 2.28. The molecule has 0 spiro atoms. The predicted octanol–water partition coefficient (Wildman–Crippen LogP) is 3.67. The van der Waals surface area contributed by atoms with E-state index in [1.54, 1.807) is 6.07 Å². The molecule has 17 heavy (non-hydrogen) atoms. The number of aromatic nitrogens is 1. The van der Waals surface area contributed by atoms with E-state index < -0.39 is 0 Å². The van der Waals surface area contributed by atoms with Crippen LogP contribution >= 0.6 is 23.2 Å². The van der Waals surface area contributed by atoms with Gasteiger partial charge >= 0.3 is 0 Å². The lowest BCUT2D eigenvalue weighted by molar-refractivity contribution is 0.569. The molecule has 1 aliphatic rings. The lowest BCUT2D eigenvalue weighted by atomic mass is 10.1. The largest absolute Gasteiger partial charge is 0.372 e. The van der Waals surface area contributed by atoms with Gasteiger partial charge in [-0.05, 0) is 18.4 Å². The summed E-state index contributed by atoms with van der Waals surface area (Å²) >= 11 is 12.2. The van der Waals surface area contributed by atoms with Crippen LogP contribution in [0.25, 0.3) is 0 Å². The molecule has 94 valence electrons. The van der Waals surface area contributed by atoms with Gasteiger partial charge in [-0.2, -0.15) is 0 Å². The third-order valence-electron chi connectivity index (χ3n) is 3.31. The van der Waals surface area contributed by atoms with Crippen molar-refractivity contribution < 1.29 is 0 Å². The van der Waals surface area contributed by atoms with E-state index in [1.807, 2.05) is 7.05 Å². The van der Waals surface area contributed by atoms with Crippen molar-refractivity contribution >= 4 is 34.8 Å². The Hall–Kier alpha value is -0.670. The molecule has 2 heterocycles. The molecule has 0 aromatic carbocycles. The monoisotopic (exact) mass is 273 g/mol. The molecule has 0 amide bonds. The first-order chi connectivity index (χ1) is 8.15. The molecular weight excluding hydrogens is 257 g/mol. The van der Waals surface area contributed by atoms with Gasteiger partial charge < -0.3 is 10.2 Å². The second-order valence-corrected chi connectivity index (χ2v) is 5.20. The lowest BCUT2D eigenvalue weighted by Crippen LogP contribution is -2.21. The molecule has 1 unspecified atom stereocenters. The SMILES string of the molecule is CCC1CCN(c2nc(NC)c(Cl)cc2Cl)C1. The standard InChI is InChI=1S/C12H17Cl2N3/c1-3-8-4-5-17(7-8)12-10(14)6-9(13)11(15-2)16-12/h6,8H,3-5,7H2,1-2H3,(H,15,16). The third kappa shape index (κ3) is 2.61. The Bertz CT molecular complexity index is 409. The van der Waals surface area contributed by atoms with E-state index in [4.69, 9.17) is 23.2 Å². The quantitative estimate of drug-likeness (QED) is 0.911. The fourth-order valence-electron chi connectivity index (χ4n) is 2.21. The minimum Gasteiger partial charge on any atom is -0.372 e. The zero-order valence-electron chi connectivity index (χ0n) is 10.1. The van der Waals surface area contributed by atoms with Crippen LogP contribution < -0.4 is 10.2 Å². The summed E-state index contributed by atoms with van der Waals surface area (Å²) < 4.78 is 0. The van der Waals surface area contributed by atoms with Crippen LogP contribution in [0.5, 0.6) is 0 Å². The minimum atomic E-state index is 0.562. The van der Waals surface area contributed by atoms with Crippen molar-refractivity contribution in [1.82, 2.24) is 4.98 Å². The van der Waals surface area contributed by atoms with Gasteiger partial charge in [-0.3, -0.25) is 0 Å². The van der Waals surface area contributed by atoms with Gasteiger partial charge in [-0.1, -0.05) is 36.5 Å². The molecular formula is C12H17Cl2N3. The summed E-state index contributed by atoms with van der Waals surface area (Å²) in [5.41, 5.74) is 0. The highest BCUT2D eigenvalue weighted by Crippen LogP contribution is 2.34. The van der Waals surface area contributed by atoms with Gasteiger partial charge in [0.15, 0.2) is 0 Å². The summed E-state index contributed by atoms with van der Waals surface area (Å²) in [4.78, 5) is 6.74. The molecule has 1 N–H and O–H groups in total. The third-order valence-corrected chi connectivity index (χ3v) is 3.88. The molecule has 0 radical (unpaired) electrons. The van der Waals surface area contributed by atoms with Crippen molar-refractivity contribution in [2.75, 3.05) is 30.4 Å². The van der Waals surface area contributed by atoms with Crippen LogP contribution in [0, 0.1) is 5.92 Å². The molecule has 0 saturated carbocycles. The molecule has 2 rings (SSSR count). The number of nitrogens with zero attached hydrogens (tertiary/aromatic N) is 2. The lowest BCUT2D eigenvalue weighted by Gasteiger charge is -2.20. The first-order valence-electron chi connectivity index (χ1n) is 5.94. The van der Waals surface area contributed by atoms with Crippen molar-refractivity contribution in [3.8, 4) is 0 Å². The Morgan fingerprint density at radius 1 is 1.47 bits per heavy atom. The second kappa shape index (κ2) is 5.32. The van der Waals surface area contributed by atoms with E-state index in [0.29, 0.717) is 15.9 Å². The fraction of sp³-hybridized carbons (Fsp3) is 0.583. The van der Waals surface area contributed by atoms with Crippen LogP contribution in [0.4, 0.5) is 11.6 Å². The Labute approximate surface area is 112 Å². The van der Waals surface area contributed by atoms with Crippen molar-refractivity contribution in [1.29, 1.82) is 0 Å². The number of halogens is 2.